The van der Waals surface area contributed by atoms with Crippen LogP contribution in [0.2, 0.25) is 15.3 Å². The van der Waals surface area contributed by atoms with E-state index in [1.54, 1.807) is 36.4 Å². The molecule has 7 N–H and O–H groups in total. The topological polar surface area (TPSA) is 348 Å². The van der Waals surface area contributed by atoms with Crippen LogP contribution in [0.1, 0.15) is 32.0 Å². The Balaban J connectivity index is 0.000000175. The van der Waals surface area contributed by atoms with Gasteiger partial charge in [0.1, 0.15) is 34.3 Å². The molecule has 0 unspecified atom stereocenters. The standard InChI is InChI=1S/C22H32N6O.C18H26N6O2.C18H28N6.C13H15ClN4O2.C9H4Cl2N2O2.C6H13N.C4H12N2/c1-5-29-16-19-24-20-21(28(19)15-10-25(2)3)17-8-6-7-9-18(17)23-22(20)27-13-11-26(4)12-14-27;1-21(2)9-8-19-16-14-6-4-5-7-15(14)20-18(17(16)24(25)26)23-12-10-22(3)11-13-23;1-22(2)9-8-20-17-14-6-4-5-7-15(14)21-18(16(17)19)24-12-10-23(3)11-13-24;1-17(2)8-7-15-11-9-5-3-4-6-10(9)16-13(14)12(11)18(19)20;10-7-5-3-1-2-4-6(5)12-9(11)8(7)13(14)15;1-7-5-3-2-4-6-7;1-6(2)4-3-5/h6-9H,5,10-16H2,1-4H3;4-7H,8-13H2,1-3H3,(H,19,20);4-7H,8-13,19H2,1-3H3,(H,20,21);3-6H,7-8H2,1-2H3,(H,15,16);1-4H;2-6H2,1H3;3-5H2,1-2H3. The molecule has 0 spiro atoms. The summed E-state index contributed by atoms with van der Waals surface area (Å²) in [5.74, 6) is 3.37. The number of fused-ring (bicyclic) bond motifs is 7. The number of piperazine rings is 3. The van der Waals surface area contributed by atoms with Crippen molar-refractivity contribution in [1.82, 2.24) is 78.6 Å². The lowest BCUT2D eigenvalue weighted by Gasteiger charge is -2.34. The van der Waals surface area contributed by atoms with Crippen LogP contribution in [0.3, 0.4) is 0 Å². The molecule has 34 nitrogen and oxygen atoms in total. The molecule has 37 heteroatoms. The quantitative estimate of drug-likeness (QED) is 0.0191. The monoisotopic (exact) mass is 1810 g/mol. The van der Waals surface area contributed by atoms with Gasteiger partial charge in [0.25, 0.3) is 0 Å². The zero-order chi connectivity index (χ0) is 92.0. The summed E-state index contributed by atoms with van der Waals surface area (Å²) in [5, 5.41) is 47.8. The van der Waals surface area contributed by atoms with E-state index in [-0.39, 0.29) is 37.3 Å². The van der Waals surface area contributed by atoms with Crippen molar-refractivity contribution in [1.29, 1.82) is 0 Å². The number of likely N-dealkylation sites (N-methyl/N-ethyl adjacent to an activating group) is 8. The fourth-order valence-corrected chi connectivity index (χ4v) is 15.6. The minimum absolute atomic E-state index is 0.0237. The van der Waals surface area contributed by atoms with Crippen LogP contribution >= 0.6 is 34.8 Å². The van der Waals surface area contributed by atoms with Crippen LogP contribution < -0.4 is 42.1 Å². The number of imidazole rings is 1. The molecular formula is C90H130Cl3N27O7. The van der Waals surface area contributed by atoms with Gasteiger partial charge in [-0.15, -0.1) is 0 Å². The Kier molecular flexibility index (Phi) is 39.6. The number of halogens is 3. The SMILES string of the molecule is CCOCc1nc2c(N3CCN(C)CC3)nc3ccccc3c2n1CCN(C)C.CN(C)CCN.CN(C)CCNc1c(N)c(N2CCN(C)CC2)nc2ccccc12.CN(C)CCNc1c([N+](=O)[O-])c(Cl)nc2ccccc12.CN(C)CCNc1c([N+](=O)[O-])c(N2CCN(C)CC2)nc2ccccc12.CN1CCCCC1.O=[N+]([O-])c1c(Cl)nc2ccccc2c1Cl. The summed E-state index contributed by atoms with van der Waals surface area (Å²) in [5.41, 5.74) is 20.2. The maximum Gasteiger partial charge on any atom is 0.335 e. The summed E-state index contributed by atoms with van der Waals surface area (Å²) in [6.45, 7) is 25.3. The normalized spacial score (nSPS) is 14.7. The van der Waals surface area contributed by atoms with Crippen LogP contribution in [0.4, 0.5) is 57.3 Å². The number of hydrogen-bond acceptors (Lipinski definition) is 30. The number of piperidine rings is 1. The van der Waals surface area contributed by atoms with Gasteiger partial charge in [-0.3, -0.25) is 30.3 Å². The fraction of sp³-hybridized carbons (Fsp3) is 0.489. The Morgan fingerprint density at radius 1 is 0.409 bits per heavy atom. The number of aromatic nitrogens is 7. The number of benzene rings is 5. The number of ether oxygens (including phenoxy) is 1. The van der Waals surface area contributed by atoms with Crippen LogP contribution in [0.5, 0.6) is 0 Å². The van der Waals surface area contributed by atoms with E-state index >= 15 is 0 Å². The highest BCUT2D eigenvalue weighted by Crippen LogP contribution is 2.43. The summed E-state index contributed by atoms with van der Waals surface area (Å²) in [6.07, 6.45) is 4.28. The van der Waals surface area contributed by atoms with E-state index < -0.39 is 9.85 Å². The first-order valence-electron chi connectivity index (χ1n) is 43.3. The van der Waals surface area contributed by atoms with E-state index in [9.17, 15) is 30.3 Å². The molecule has 10 heterocycles. The smallest absolute Gasteiger partial charge is 0.335 e. The number of hydrogen-bond donors (Lipinski definition) is 5. The van der Waals surface area contributed by atoms with Gasteiger partial charge in [-0.1, -0.05) is 132 Å². The predicted octanol–water partition coefficient (Wildman–Crippen LogP) is 12.7. The fourth-order valence-electron chi connectivity index (χ4n) is 14.7. The molecule has 0 atom stereocenters. The number of likely N-dealkylation sites (tertiary alicyclic amines) is 1. The summed E-state index contributed by atoms with van der Waals surface area (Å²) >= 11 is 17.5. The van der Waals surface area contributed by atoms with Crippen molar-refractivity contribution in [3.8, 4) is 0 Å². The van der Waals surface area contributed by atoms with E-state index in [1.807, 2.05) is 112 Å². The highest BCUT2D eigenvalue weighted by Gasteiger charge is 2.32. The first-order chi connectivity index (χ1) is 60.9. The molecule has 15 rings (SSSR count). The van der Waals surface area contributed by atoms with Gasteiger partial charge in [0, 0.05) is 178 Å². The van der Waals surface area contributed by atoms with Crippen LogP contribution in [0, 0.1) is 30.3 Å². The maximum absolute atomic E-state index is 12.0. The molecule has 0 radical (unpaired) electrons. The second-order valence-electron chi connectivity index (χ2n) is 33.2. The first-order valence-corrected chi connectivity index (χ1v) is 44.4. The predicted molar refractivity (Wildman–Crippen MR) is 525 cm³/mol. The van der Waals surface area contributed by atoms with Crippen LogP contribution in [-0.4, -0.2) is 349 Å². The second-order valence-corrected chi connectivity index (χ2v) is 34.3. The van der Waals surface area contributed by atoms with Gasteiger partial charge < -0.3 is 95.5 Å². The zero-order valence-electron chi connectivity index (χ0n) is 76.5. The van der Waals surface area contributed by atoms with Gasteiger partial charge in [-0.2, -0.15) is 0 Å². The van der Waals surface area contributed by atoms with E-state index in [4.69, 9.17) is 66.0 Å². The molecule has 4 fully saturated rings. The highest BCUT2D eigenvalue weighted by molar-refractivity contribution is 6.41. The molecule has 688 valence electrons. The molecule has 4 aliphatic rings. The Morgan fingerprint density at radius 3 is 1.17 bits per heavy atom. The lowest BCUT2D eigenvalue weighted by atomic mass is 10.1. The number of nitrogens with two attached hydrogens (primary N) is 2. The Hall–Kier alpha value is -10.2. The lowest BCUT2D eigenvalue weighted by Crippen LogP contribution is -2.45. The average Bonchev–Trinajstić information content (AvgIpc) is 1.64. The molecule has 0 saturated carbocycles. The second kappa shape index (κ2) is 50.0. The van der Waals surface area contributed by atoms with Gasteiger partial charge in [0.05, 0.1) is 59.2 Å². The van der Waals surface area contributed by atoms with Gasteiger partial charge in [-0.05, 0) is 162 Å². The van der Waals surface area contributed by atoms with E-state index in [0.29, 0.717) is 65.3 Å². The third-order valence-corrected chi connectivity index (χ3v) is 22.8. The van der Waals surface area contributed by atoms with E-state index in [2.05, 4.69) is 172 Å². The molecule has 0 amide bonds. The van der Waals surface area contributed by atoms with Crippen molar-refractivity contribution < 1.29 is 19.5 Å². The molecule has 0 aliphatic carbocycles. The number of pyridine rings is 5. The number of nitro groups is 3. The van der Waals surface area contributed by atoms with Gasteiger partial charge in [0.15, 0.2) is 11.6 Å². The average molecular weight is 1810 g/mol. The molecule has 4 saturated heterocycles. The Bertz CT molecular complexity index is 5370. The molecule has 0 bridgehead atoms. The van der Waals surface area contributed by atoms with Gasteiger partial charge in [-0.25, -0.2) is 29.9 Å². The molecule has 11 aromatic rings. The van der Waals surface area contributed by atoms with Crippen LogP contribution in [0.25, 0.3) is 65.5 Å². The van der Waals surface area contributed by atoms with Crippen molar-refractivity contribution in [2.75, 3.05) is 292 Å². The van der Waals surface area contributed by atoms with Gasteiger partial charge >= 0.3 is 17.1 Å². The van der Waals surface area contributed by atoms with Crippen molar-refractivity contribution in [2.24, 2.45) is 5.73 Å². The number of para-hydroxylation sites is 5. The highest BCUT2D eigenvalue weighted by atomic mass is 35.5. The van der Waals surface area contributed by atoms with Crippen molar-refractivity contribution >= 4 is 158 Å². The minimum atomic E-state index is -0.635. The third-order valence-electron chi connectivity index (χ3n) is 21.9. The Morgan fingerprint density at radius 2 is 0.756 bits per heavy atom. The lowest BCUT2D eigenvalue weighted by molar-refractivity contribution is -0.384. The number of nitrogens with one attached hydrogen (secondary N) is 3. The maximum atomic E-state index is 12.0. The largest absolute Gasteiger partial charge is 0.394 e. The third kappa shape index (κ3) is 28.7. The molecule has 4 aliphatic heterocycles. The summed E-state index contributed by atoms with van der Waals surface area (Å²) in [7, 11) is 28.8. The molecule has 5 aromatic carbocycles. The first kappa shape index (κ1) is 101. The minimum Gasteiger partial charge on any atom is -0.394 e. The Labute approximate surface area is 761 Å². The van der Waals surface area contributed by atoms with Crippen molar-refractivity contribution in [2.45, 2.75) is 39.3 Å². The summed E-state index contributed by atoms with van der Waals surface area (Å²) < 4.78 is 8.11. The molecular weight excluding hydrogens is 1680 g/mol. The van der Waals surface area contributed by atoms with Crippen molar-refractivity contribution in [3.05, 3.63) is 173 Å². The van der Waals surface area contributed by atoms with E-state index in [1.165, 1.54) is 37.9 Å². The number of nitrogen functional groups attached to an aromatic ring is 1. The summed E-state index contributed by atoms with van der Waals surface area (Å²) in [4.78, 5) is 86.6. The van der Waals surface area contributed by atoms with Crippen molar-refractivity contribution in [3.63, 3.8) is 0 Å². The van der Waals surface area contributed by atoms with E-state index in [0.717, 1.165) is 198 Å². The van der Waals surface area contributed by atoms with Gasteiger partial charge in [0.2, 0.25) is 16.1 Å². The number of nitrogens with zero attached hydrogens (tertiary/aromatic N) is 22. The number of anilines is 7. The van der Waals surface area contributed by atoms with Crippen LogP contribution in [-0.2, 0) is 17.9 Å². The zero-order valence-corrected chi connectivity index (χ0v) is 78.8. The molecule has 127 heavy (non-hydrogen) atoms. The summed E-state index contributed by atoms with van der Waals surface area (Å²) in [6, 6.07) is 38.3. The number of rotatable bonds is 26. The van der Waals surface area contributed by atoms with Crippen LogP contribution in [0.15, 0.2) is 121 Å². The molecule has 6 aromatic heterocycles.